The van der Waals surface area contributed by atoms with Gasteiger partial charge in [-0.3, -0.25) is 4.79 Å². The van der Waals surface area contributed by atoms with Crippen molar-refractivity contribution in [3.63, 3.8) is 0 Å². The molecule has 1 fully saturated rings. The van der Waals surface area contributed by atoms with E-state index in [4.69, 9.17) is 5.11 Å². The lowest BCUT2D eigenvalue weighted by Gasteiger charge is -2.31. The van der Waals surface area contributed by atoms with Crippen LogP contribution in [-0.2, 0) is 4.79 Å². The zero-order valence-corrected chi connectivity index (χ0v) is 11.3. The third kappa shape index (κ3) is 4.67. The van der Waals surface area contributed by atoms with Gasteiger partial charge in [0.2, 0.25) is 5.91 Å². The van der Waals surface area contributed by atoms with Gasteiger partial charge in [-0.05, 0) is 32.1 Å². The summed E-state index contributed by atoms with van der Waals surface area (Å²) in [6.07, 6.45) is -3.25. The van der Waals surface area contributed by atoms with Gasteiger partial charge in [-0.15, -0.1) is 0 Å². The molecule has 1 aliphatic carbocycles. The Balaban J connectivity index is 2.53. The summed E-state index contributed by atoms with van der Waals surface area (Å²) in [6.45, 7) is 3.48. The van der Waals surface area contributed by atoms with E-state index in [1.807, 2.05) is 0 Å². The van der Waals surface area contributed by atoms with Gasteiger partial charge in [-0.2, -0.15) is 13.2 Å². The number of halogens is 3. The van der Waals surface area contributed by atoms with Gasteiger partial charge in [0.25, 0.3) is 0 Å². The zero-order valence-electron chi connectivity index (χ0n) is 11.3. The van der Waals surface area contributed by atoms with E-state index in [1.165, 1.54) is 0 Å². The lowest BCUT2D eigenvalue weighted by molar-refractivity contribution is -0.186. The molecule has 0 saturated heterocycles. The fraction of sp³-hybridized carbons (Fsp3) is 0.923. The van der Waals surface area contributed by atoms with Crippen LogP contribution in [0.2, 0.25) is 0 Å². The van der Waals surface area contributed by atoms with Crippen LogP contribution in [-0.4, -0.2) is 29.8 Å². The van der Waals surface area contributed by atoms with Gasteiger partial charge in [0.15, 0.2) is 0 Å². The molecular formula is C13H22F3NO2. The Morgan fingerprint density at radius 3 is 2.53 bits per heavy atom. The molecule has 4 unspecified atom stereocenters. The quantitative estimate of drug-likeness (QED) is 0.831. The number of nitrogens with one attached hydrogen (secondary N) is 1. The molecule has 6 heteroatoms. The highest BCUT2D eigenvalue weighted by molar-refractivity contribution is 5.79. The number of aliphatic hydroxyl groups excluding tert-OH is 1. The minimum atomic E-state index is -4.21. The van der Waals surface area contributed by atoms with Crippen LogP contribution in [0.25, 0.3) is 0 Å². The molecule has 0 bridgehead atoms. The van der Waals surface area contributed by atoms with Gasteiger partial charge in [-0.1, -0.05) is 13.3 Å². The van der Waals surface area contributed by atoms with Crippen LogP contribution in [0.4, 0.5) is 13.2 Å². The summed E-state index contributed by atoms with van der Waals surface area (Å²) in [5, 5.41) is 11.7. The van der Waals surface area contributed by atoms with Crippen molar-refractivity contribution in [1.82, 2.24) is 5.32 Å². The third-order valence-electron chi connectivity index (χ3n) is 4.02. The molecule has 0 aromatic rings. The molecule has 19 heavy (non-hydrogen) atoms. The summed E-state index contributed by atoms with van der Waals surface area (Å²) in [5.74, 6) is -2.34. The predicted octanol–water partition coefficient (Wildman–Crippen LogP) is 2.49. The first-order valence-electron chi connectivity index (χ1n) is 6.73. The van der Waals surface area contributed by atoms with E-state index < -0.39 is 18.0 Å². The molecule has 0 heterocycles. The van der Waals surface area contributed by atoms with E-state index in [0.717, 1.165) is 0 Å². The Morgan fingerprint density at radius 1 is 1.37 bits per heavy atom. The van der Waals surface area contributed by atoms with Crippen LogP contribution in [0, 0.1) is 17.8 Å². The average molecular weight is 281 g/mol. The van der Waals surface area contributed by atoms with E-state index in [9.17, 15) is 18.0 Å². The average Bonchev–Trinajstić information content (AvgIpc) is 2.36. The van der Waals surface area contributed by atoms with Gasteiger partial charge < -0.3 is 10.4 Å². The molecule has 1 saturated carbocycles. The van der Waals surface area contributed by atoms with Crippen LogP contribution >= 0.6 is 0 Å². The van der Waals surface area contributed by atoms with Gasteiger partial charge in [-0.25, -0.2) is 0 Å². The minimum absolute atomic E-state index is 0.0582. The van der Waals surface area contributed by atoms with Gasteiger partial charge in [0.1, 0.15) is 0 Å². The standard InChI is InChI=1S/C13H22F3NO2/c1-8(7-18)9(2)17-12(19)10-4-3-5-11(6-10)13(14,15)16/h8-11,18H,3-7H2,1-2H3,(H,17,19). The second-order valence-electron chi connectivity index (χ2n) is 5.56. The van der Waals surface area contributed by atoms with Crippen molar-refractivity contribution >= 4 is 5.91 Å². The van der Waals surface area contributed by atoms with Crippen molar-refractivity contribution in [1.29, 1.82) is 0 Å². The van der Waals surface area contributed by atoms with Crippen molar-refractivity contribution < 1.29 is 23.1 Å². The van der Waals surface area contributed by atoms with Gasteiger partial charge in [0, 0.05) is 18.6 Å². The van der Waals surface area contributed by atoms with E-state index >= 15 is 0 Å². The molecule has 112 valence electrons. The van der Waals surface area contributed by atoms with Crippen LogP contribution in [0.5, 0.6) is 0 Å². The first kappa shape index (κ1) is 16.3. The Morgan fingerprint density at radius 2 is 2.00 bits per heavy atom. The SMILES string of the molecule is CC(CO)C(C)NC(=O)C1CCCC(C(F)(F)F)C1. The molecule has 2 N–H and O–H groups in total. The number of carbonyl (C=O) groups is 1. The molecule has 0 aliphatic heterocycles. The predicted molar refractivity (Wildman–Crippen MR) is 65.4 cm³/mol. The molecule has 0 spiro atoms. The molecule has 1 rings (SSSR count). The first-order valence-corrected chi connectivity index (χ1v) is 6.73. The molecule has 0 aromatic carbocycles. The number of hydrogen-bond donors (Lipinski definition) is 2. The largest absolute Gasteiger partial charge is 0.396 e. The van der Waals surface area contributed by atoms with Gasteiger partial charge in [0.05, 0.1) is 5.92 Å². The number of amides is 1. The van der Waals surface area contributed by atoms with Crippen LogP contribution < -0.4 is 5.32 Å². The minimum Gasteiger partial charge on any atom is -0.396 e. The lowest BCUT2D eigenvalue weighted by atomic mass is 9.80. The fourth-order valence-corrected chi connectivity index (χ4v) is 2.37. The summed E-state index contributed by atoms with van der Waals surface area (Å²) >= 11 is 0. The highest BCUT2D eigenvalue weighted by atomic mass is 19.4. The molecule has 4 atom stereocenters. The van der Waals surface area contributed by atoms with E-state index in [1.54, 1.807) is 13.8 Å². The fourth-order valence-electron chi connectivity index (χ4n) is 2.37. The van der Waals surface area contributed by atoms with Crippen molar-refractivity contribution in [2.24, 2.45) is 17.8 Å². The van der Waals surface area contributed by atoms with E-state index in [-0.39, 0.29) is 37.3 Å². The summed E-state index contributed by atoms with van der Waals surface area (Å²) < 4.78 is 38.0. The Kier molecular flexibility index (Phi) is 5.64. The highest BCUT2D eigenvalue weighted by Gasteiger charge is 2.43. The lowest BCUT2D eigenvalue weighted by Crippen LogP contribution is -2.43. The second kappa shape index (κ2) is 6.59. The van der Waals surface area contributed by atoms with Crippen molar-refractivity contribution in [3.8, 4) is 0 Å². The molecule has 0 radical (unpaired) electrons. The number of carbonyl (C=O) groups excluding carboxylic acids is 1. The van der Waals surface area contributed by atoms with Crippen molar-refractivity contribution in [2.45, 2.75) is 51.7 Å². The third-order valence-corrected chi connectivity index (χ3v) is 4.02. The first-order chi connectivity index (χ1) is 8.75. The normalized spacial score (nSPS) is 27.7. The maximum atomic E-state index is 12.7. The molecule has 1 aliphatic rings. The summed E-state index contributed by atoms with van der Waals surface area (Å²) in [5.41, 5.74) is 0. The summed E-state index contributed by atoms with van der Waals surface area (Å²) in [7, 11) is 0. The Labute approximate surface area is 111 Å². The molecule has 3 nitrogen and oxygen atoms in total. The Hall–Kier alpha value is -0.780. The van der Waals surface area contributed by atoms with Crippen molar-refractivity contribution in [3.05, 3.63) is 0 Å². The second-order valence-corrected chi connectivity index (χ2v) is 5.56. The maximum Gasteiger partial charge on any atom is 0.391 e. The molecule has 0 aromatic heterocycles. The van der Waals surface area contributed by atoms with E-state index in [2.05, 4.69) is 5.32 Å². The highest BCUT2D eigenvalue weighted by Crippen LogP contribution is 2.39. The number of alkyl halides is 3. The smallest absolute Gasteiger partial charge is 0.391 e. The van der Waals surface area contributed by atoms with Crippen molar-refractivity contribution in [2.75, 3.05) is 6.61 Å². The number of aliphatic hydroxyl groups is 1. The van der Waals surface area contributed by atoms with Crippen LogP contribution in [0.15, 0.2) is 0 Å². The molecule has 1 amide bonds. The topological polar surface area (TPSA) is 49.3 Å². The number of hydrogen-bond acceptors (Lipinski definition) is 2. The Bertz CT molecular complexity index is 307. The number of rotatable bonds is 4. The maximum absolute atomic E-state index is 12.7. The van der Waals surface area contributed by atoms with Crippen LogP contribution in [0.3, 0.4) is 0 Å². The van der Waals surface area contributed by atoms with Gasteiger partial charge >= 0.3 is 6.18 Å². The monoisotopic (exact) mass is 281 g/mol. The molecular weight excluding hydrogens is 259 g/mol. The van der Waals surface area contributed by atoms with Crippen LogP contribution in [0.1, 0.15) is 39.5 Å². The van der Waals surface area contributed by atoms with E-state index in [0.29, 0.717) is 12.8 Å². The summed E-state index contributed by atoms with van der Waals surface area (Å²) in [6, 6.07) is -0.233. The summed E-state index contributed by atoms with van der Waals surface area (Å²) in [4.78, 5) is 11.9. The zero-order chi connectivity index (χ0) is 14.6.